The zero-order valence-corrected chi connectivity index (χ0v) is 17.6. The lowest BCUT2D eigenvalue weighted by atomic mass is 9.88. The van der Waals surface area contributed by atoms with E-state index in [9.17, 15) is 4.79 Å². The van der Waals surface area contributed by atoms with Crippen LogP contribution in [0.3, 0.4) is 0 Å². The molecular formula is C23H30N2OS. The molecule has 1 amide bonds. The maximum Gasteiger partial charge on any atom is 0.264 e. The smallest absolute Gasteiger partial charge is 0.264 e. The third-order valence-electron chi connectivity index (χ3n) is 6.21. The number of nitrogens with zero attached hydrogens (tertiary/aromatic N) is 2. The Balaban J connectivity index is 1.56. The summed E-state index contributed by atoms with van der Waals surface area (Å²) in [5.41, 5.74) is 5.20. The highest BCUT2D eigenvalue weighted by molar-refractivity contribution is 7.17. The van der Waals surface area contributed by atoms with E-state index >= 15 is 0 Å². The number of amides is 1. The van der Waals surface area contributed by atoms with Gasteiger partial charge in [0.25, 0.3) is 5.91 Å². The standard InChI is InChI=1S/C23H30N2OS/c1-16-14-19(18-8-12-24(3)13-9-18)6-7-20(16)21-15-17(2)22(27-21)23(26)25-10-4-5-11-25/h6-7,14-15,18H,4-5,8-13H2,1-3H3. The molecule has 27 heavy (non-hydrogen) atoms. The SMILES string of the molecule is Cc1cc(C2CCN(C)CC2)ccc1-c1cc(C)c(C(=O)N2CCCC2)s1. The fraction of sp³-hybridized carbons (Fsp3) is 0.522. The number of hydrogen-bond donors (Lipinski definition) is 0. The zero-order chi connectivity index (χ0) is 19.0. The average Bonchev–Trinajstić information content (AvgIpc) is 3.32. The molecule has 2 aliphatic rings. The predicted octanol–water partition coefficient (Wildman–Crippen LogP) is 5.08. The van der Waals surface area contributed by atoms with Crippen LogP contribution in [0, 0.1) is 13.8 Å². The normalized spacial score (nSPS) is 19.0. The molecule has 0 bridgehead atoms. The molecule has 3 heterocycles. The summed E-state index contributed by atoms with van der Waals surface area (Å²) in [6.07, 6.45) is 4.78. The van der Waals surface area contributed by atoms with Crippen LogP contribution in [0.5, 0.6) is 0 Å². The van der Waals surface area contributed by atoms with Gasteiger partial charge in [-0.2, -0.15) is 0 Å². The van der Waals surface area contributed by atoms with Crippen molar-refractivity contribution >= 4 is 17.2 Å². The molecule has 2 aliphatic heterocycles. The fourth-order valence-electron chi connectivity index (χ4n) is 4.45. The molecule has 2 aromatic rings. The van der Waals surface area contributed by atoms with Crippen molar-refractivity contribution in [2.45, 2.75) is 45.4 Å². The van der Waals surface area contributed by atoms with Gasteiger partial charge in [0.1, 0.15) is 0 Å². The van der Waals surface area contributed by atoms with Crippen LogP contribution in [0.25, 0.3) is 10.4 Å². The van der Waals surface area contributed by atoms with E-state index in [1.807, 2.05) is 4.90 Å². The molecule has 0 saturated carbocycles. The number of hydrogen-bond acceptors (Lipinski definition) is 3. The van der Waals surface area contributed by atoms with Crippen molar-refractivity contribution in [2.24, 2.45) is 0 Å². The fourth-order valence-corrected chi connectivity index (χ4v) is 5.68. The lowest BCUT2D eigenvalue weighted by molar-refractivity contribution is 0.0797. The van der Waals surface area contributed by atoms with Gasteiger partial charge in [-0.05, 0) is 93.9 Å². The van der Waals surface area contributed by atoms with Crippen molar-refractivity contribution in [3.63, 3.8) is 0 Å². The highest BCUT2D eigenvalue weighted by Crippen LogP contribution is 2.36. The van der Waals surface area contributed by atoms with E-state index in [0.717, 1.165) is 36.4 Å². The third kappa shape index (κ3) is 3.83. The van der Waals surface area contributed by atoms with Crippen LogP contribution < -0.4 is 0 Å². The molecule has 0 N–H and O–H groups in total. The lowest BCUT2D eigenvalue weighted by Gasteiger charge is -2.29. The largest absolute Gasteiger partial charge is 0.338 e. The Morgan fingerprint density at radius 2 is 1.70 bits per heavy atom. The second-order valence-electron chi connectivity index (χ2n) is 8.27. The Kier molecular flexibility index (Phi) is 5.38. The second-order valence-corrected chi connectivity index (χ2v) is 9.33. The zero-order valence-electron chi connectivity index (χ0n) is 16.8. The minimum absolute atomic E-state index is 0.224. The molecule has 4 rings (SSSR count). The Hall–Kier alpha value is -1.65. The van der Waals surface area contributed by atoms with E-state index in [1.54, 1.807) is 11.3 Å². The minimum Gasteiger partial charge on any atom is -0.338 e. The number of carbonyl (C=O) groups is 1. The molecule has 1 aromatic heterocycles. The highest BCUT2D eigenvalue weighted by atomic mass is 32.1. The van der Waals surface area contributed by atoms with Crippen molar-refractivity contribution < 1.29 is 4.79 Å². The summed E-state index contributed by atoms with van der Waals surface area (Å²) in [4.78, 5) is 19.4. The monoisotopic (exact) mass is 382 g/mol. The molecule has 0 radical (unpaired) electrons. The van der Waals surface area contributed by atoms with Crippen LogP contribution >= 0.6 is 11.3 Å². The Bertz CT molecular complexity index is 827. The van der Waals surface area contributed by atoms with E-state index in [-0.39, 0.29) is 5.91 Å². The minimum atomic E-state index is 0.224. The summed E-state index contributed by atoms with van der Waals surface area (Å²) >= 11 is 1.67. The number of rotatable bonds is 3. The highest BCUT2D eigenvalue weighted by Gasteiger charge is 2.24. The molecule has 0 unspecified atom stereocenters. The van der Waals surface area contributed by atoms with Crippen LogP contribution in [0.15, 0.2) is 24.3 Å². The van der Waals surface area contributed by atoms with Crippen LogP contribution in [0.2, 0.25) is 0 Å². The van der Waals surface area contributed by atoms with Gasteiger partial charge in [0.15, 0.2) is 0 Å². The number of carbonyl (C=O) groups excluding carboxylic acids is 1. The maximum absolute atomic E-state index is 12.8. The first kappa shape index (κ1) is 18.7. The van der Waals surface area contributed by atoms with Gasteiger partial charge in [0, 0.05) is 18.0 Å². The van der Waals surface area contributed by atoms with E-state index in [0.29, 0.717) is 5.92 Å². The van der Waals surface area contributed by atoms with Gasteiger partial charge in [-0.3, -0.25) is 4.79 Å². The molecule has 144 valence electrons. The Morgan fingerprint density at radius 1 is 1.00 bits per heavy atom. The second kappa shape index (κ2) is 7.76. The number of thiophene rings is 1. The molecule has 0 spiro atoms. The molecule has 1 aromatic carbocycles. The number of likely N-dealkylation sites (tertiary alicyclic amines) is 2. The summed E-state index contributed by atoms with van der Waals surface area (Å²) in [7, 11) is 2.21. The predicted molar refractivity (Wildman–Crippen MR) is 114 cm³/mol. The average molecular weight is 383 g/mol. The van der Waals surface area contributed by atoms with Gasteiger partial charge in [-0.25, -0.2) is 0 Å². The van der Waals surface area contributed by atoms with E-state index in [4.69, 9.17) is 0 Å². The van der Waals surface area contributed by atoms with Gasteiger partial charge in [0.2, 0.25) is 0 Å². The molecule has 3 nitrogen and oxygen atoms in total. The van der Waals surface area contributed by atoms with Gasteiger partial charge < -0.3 is 9.80 Å². The van der Waals surface area contributed by atoms with E-state index < -0.39 is 0 Å². The van der Waals surface area contributed by atoms with Gasteiger partial charge in [-0.1, -0.05) is 18.2 Å². The molecule has 2 saturated heterocycles. The quantitative estimate of drug-likeness (QED) is 0.739. The van der Waals surface area contributed by atoms with Crippen LogP contribution in [0.4, 0.5) is 0 Å². The van der Waals surface area contributed by atoms with Crippen LogP contribution in [-0.4, -0.2) is 48.9 Å². The summed E-state index contributed by atoms with van der Waals surface area (Å²) in [5, 5.41) is 0. The molecule has 0 aliphatic carbocycles. The summed E-state index contributed by atoms with van der Waals surface area (Å²) in [6.45, 7) is 8.50. The summed E-state index contributed by atoms with van der Waals surface area (Å²) in [5.74, 6) is 0.910. The van der Waals surface area contributed by atoms with Crippen molar-refractivity contribution in [2.75, 3.05) is 33.2 Å². The van der Waals surface area contributed by atoms with Crippen molar-refractivity contribution in [3.05, 3.63) is 45.8 Å². The first-order valence-electron chi connectivity index (χ1n) is 10.2. The molecule has 0 atom stereocenters. The van der Waals surface area contributed by atoms with Gasteiger partial charge in [-0.15, -0.1) is 11.3 Å². The first-order valence-corrected chi connectivity index (χ1v) is 11.0. The van der Waals surface area contributed by atoms with Crippen molar-refractivity contribution in [1.82, 2.24) is 9.80 Å². The van der Waals surface area contributed by atoms with Crippen LogP contribution in [-0.2, 0) is 0 Å². The first-order chi connectivity index (χ1) is 13.0. The Labute approximate surface area is 167 Å². The van der Waals surface area contributed by atoms with Gasteiger partial charge >= 0.3 is 0 Å². The summed E-state index contributed by atoms with van der Waals surface area (Å²) in [6, 6.07) is 9.17. The van der Waals surface area contributed by atoms with Crippen molar-refractivity contribution in [3.8, 4) is 10.4 Å². The molecule has 2 fully saturated rings. The molecule has 4 heteroatoms. The summed E-state index contributed by atoms with van der Waals surface area (Å²) < 4.78 is 0. The topological polar surface area (TPSA) is 23.6 Å². The number of piperidine rings is 1. The number of benzene rings is 1. The van der Waals surface area contributed by atoms with Crippen molar-refractivity contribution in [1.29, 1.82) is 0 Å². The lowest BCUT2D eigenvalue weighted by Crippen LogP contribution is -2.29. The van der Waals surface area contributed by atoms with Crippen LogP contribution in [0.1, 0.15) is 58.0 Å². The number of aryl methyl sites for hydroxylation is 2. The maximum atomic E-state index is 12.8. The third-order valence-corrected chi connectivity index (χ3v) is 7.47. The van der Waals surface area contributed by atoms with Gasteiger partial charge in [0.05, 0.1) is 4.88 Å². The van der Waals surface area contributed by atoms with E-state index in [1.165, 1.54) is 47.5 Å². The van der Waals surface area contributed by atoms with E-state index in [2.05, 4.69) is 50.1 Å². The molecular weight excluding hydrogens is 352 g/mol. The Morgan fingerprint density at radius 3 is 2.37 bits per heavy atom.